The van der Waals surface area contributed by atoms with E-state index in [-0.39, 0.29) is 18.6 Å². The van der Waals surface area contributed by atoms with Gasteiger partial charge >= 0.3 is 12.1 Å². The predicted octanol–water partition coefficient (Wildman–Crippen LogP) is 1.99. The number of methoxy groups -OCH3 is 1. The molecule has 0 aliphatic heterocycles. The molecule has 0 saturated heterocycles. The lowest BCUT2D eigenvalue weighted by molar-refractivity contribution is -0.133. The van der Waals surface area contributed by atoms with Crippen LogP contribution in [0.25, 0.3) is 0 Å². The van der Waals surface area contributed by atoms with Crippen LogP contribution in [0, 0.1) is 0 Å². The van der Waals surface area contributed by atoms with E-state index in [0.29, 0.717) is 6.08 Å². The molecule has 0 bridgehead atoms. The zero-order chi connectivity index (χ0) is 11.2. The molecule has 0 radical (unpaired) electrons. The molecule has 0 fully saturated rings. The molecule has 0 unspecified atom stereocenters. The third-order valence-electron chi connectivity index (χ3n) is 1.43. The second-order valence-electron chi connectivity index (χ2n) is 2.60. The Balaban J connectivity index is 4.26. The maximum absolute atomic E-state index is 11.7. The highest BCUT2D eigenvalue weighted by atomic mass is 19.4. The smallest absolute Gasteiger partial charge is 0.392 e. The molecule has 0 aliphatic carbocycles. The van der Waals surface area contributed by atoms with E-state index in [1.54, 1.807) is 0 Å². The highest BCUT2D eigenvalue weighted by molar-refractivity contribution is 5.86. The number of hydrogen-bond donors (Lipinski definition) is 1. The van der Waals surface area contributed by atoms with E-state index in [1.165, 1.54) is 7.11 Å². The minimum absolute atomic E-state index is 0.0259. The van der Waals surface area contributed by atoms with Crippen molar-refractivity contribution in [2.75, 3.05) is 13.7 Å². The first-order valence-corrected chi connectivity index (χ1v) is 3.85. The zero-order valence-corrected chi connectivity index (χ0v) is 7.60. The fourth-order valence-corrected chi connectivity index (χ4v) is 0.747. The number of carboxylic acid groups (broad SMARTS) is 1. The van der Waals surface area contributed by atoms with Gasteiger partial charge in [0.2, 0.25) is 0 Å². The Morgan fingerprint density at radius 3 is 2.43 bits per heavy atom. The van der Waals surface area contributed by atoms with Gasteiger partial charge in [0.15, 0.2) is 0 Å². The van der Waals surface area contributed by atoms with Crippen LogP contribution in [0.2, 0.25) is 0 Å². The molecule has 0 aromatic heterocycles. The SMILES string of the molecule is COCCC(=CCC(F)(F)F)C(=O)O. The van der Waals surface area contributed by atoms with Crippen LogP contribution >= 0.6 is 0 Å². The van der Waals surface area contributed by atoms with Crippen molar-refractivity contribution in [3.8, 4) is 0 Å². The Bertz CT molecular complexity index is 220. The summed E-state index contributed by atoms with van der Waals surface area (Å²) >= 11 is 0. The molecule has 3 nitrogen and oxygen atoms in total. The number of allylic oxidation sites excluding steroid dienone is 1. The molecule has 0 rings (SSSR count). The van der Waals surface area contributed by atoms with Crippen molar-refractivity contribution in [1.82, 2.24) is 0 Å². The fraction of sp³-hybridized carbons (Fsp3) is 0.625. The summed E-state index contributed by atoms with van der Waals surface area (Å²) in [5.41, 5.74) is -0.274. The average molecular weight is 212 g/mol. The lowest BCUT2D eigenvalue weighted by Gasteiger charge is -2.04. The summed E-state index contributed by atoms with van der Waals surface area (Å²) < 4.78 is 39.8. The Kier molecular flexibility index (Phi) is 5.22. The van der Waals surface area contributed by atoms with Gasteiger partial charge in [-0.2, -0.15) is 13.2 Å². The number of alkyl halides is 3. The molecule has 0 amide bonds. The van der Waals surface area contributed by atoms with Gasteiger partial charge in [0.25, 0.3) is 0 Å². The van der Waals surface area contributed by atoms with E-state index < -0.39 is 18.6 Å². The first-order valence-electron chi connectivity index (χ1n) is 3.85. The quantitative estimate of drug-likeness (QED) is 0.709. The summed E-state index contributed by atoms with van der Waals surface area (Å²) in [7, 11) is 1.35. The third kappa shape index (κ3) is 6.47. The van der Waals surface area contributed by atoms with Crippen molar-refractivity contribution in [2.24, 2.45) is 0 Å². The van der Waals surface area contributed by atoms with Crippen LogP contribution in [0.5, 0.6) is 0 Å². The normalized spacial score (nSPS) is 13.0. The van der Waals surface area contributed by atoms with Crippen molar-refractivity contribution >= 4 is 5.97 Å². The van der Waals surface area contributed by atoms with Crippen LogP contribution in [0.15, 0.2) is 11.6 Å². The molecule has 0 saturated carbocycles. The van der Waals surface area contributed by atoms with Crippen LogP contribution in [-0.4, -0.2) is 31.0 Å². The molecular formula is C8H11F3O3. The van der Waals surface area contributed by atoms with Gasteiger partial charge in [0.05, 0.1) is 13.0 Å². The van der Waals surface area contributed by atoms with Gasteiger partial charge in [-0.25, -0.2) is 4.79 Å². The predicted molar refractivity (Wildman–Crippen MR) is 42.9 cm³/mol. The number of halogens is 3. The lowest BCUT2D eigenvalue weighted by atomic mass is 10.1. The van der Waals surface area contributed by atoms with Gasteiger partial charge < -0.3 is 9.84 Å². The van der Waals surface area contributed by atoms with Crippen LogP contribution in [0.4, 0.5) is 13.2 Å². The van der Waals surface area contributed by atoms with Crippen molar-refractivity contribution in [1.29, 1.82) is 0 Å². The first kappa shape index (κ1) is 13.0. The van der Waals surface area contributed by atoms with Gasteiger partial charge in [0, 0.05) is 19.1 Å². The second-order valence-corrected chi connectivity index (χ2v) is 2.60. The number of ether oxygens (including phenoxy) is 1. The Morgan fingerprint density at radius 2 is 2.07 bits per heavy atom. The van der Waals surface area contributed by atoms with E-state index in [4.69, 9.17) is 5.11 Å². The van der Waals surface area contributed by atoms with Gasteiger partial charge in [-0.05, 0) is 0 Å². The summed E-state index contributed by atoms with van der Waals surface area (Å²) in [4.78, 5) is 10.4. The monoisotopic (exact) mass is 212 g/mol. The molecule has 0 atom stereocenters. The van der Waals surface area contributed by atoms with Gasteiger partial charge in [-0.15, -0.1) is 0 Å². The molecule has 0 aliphatic rings. The molecule has 82 valence electrons. The standard InChI is InChI=1S/C8H11F3O3/c1-14-5-3-6(7(12)13)2-4-8(9,10)11/h2H,3-5H2,1H3,(H,12,13). The Hall–Kier alpha value is -1.04. The highest BCUT2D eigenvalue weighted by Crippen LogP contribution is 2.21. The first-order chi connectivity index (χ1) is 6.37. The molecule has 1 N–H and O–H groups in total. The largest absolute Gasteiger partial charge is 0.478 e. The third-order valence-corrected chi connectivity index (χ3v) is 1.43. The summed E-state index contributed by atoms with van der Waals surface area (Å²) in [6.07, 6.45) is -4.95. The minimum Gasteiger partial charge on any atom is -0.478 e. The zero-order valence-electron chi connectivity index (χ0n) is 7.60. The maximum Gasteiger partial charge on any atom is 0.392 e. The van der Waals surface area contributed by atoms with E-state index in [2.05, 4.69) is 4.74 Å². The summed E-state index contributed by atoms with van der Waals surface area (Å²) in [5.74, 6) is -1.34. The number of hydrogen-bond acceptors (Lipinski definition) is 2. The Labute approximate surface area is 79.2 Å². The molecule has 14 heavy (non-hydrogen) atoms. The number of rotatable bonds is 5. The number of aliphatic carboxylic acids is 1. The molecule has 0 aromatic rings. The summed E-state index contributed by atoms with van der Waals surface area (Å²) in [5, 5.41) is 8.51. The summed E-state index contributed by atoms with van der Waals surface area (Å²) in [6.45, 7) is 0.0932. The van der Waals surface area contributed by atoms with Crippen LogP contribution in [0.3, 0.4) is 0 Å². The van der Waals surface area contributed by atoms with Crippen molar-refractivity contribution in [2.45, 2.75) is 19.0 Å². The number of carbonyl (C=O) groups is 1. The molecule has 0 heterocycles. The summed E-state index contributed by atoms with van der Waals surface area (Å²) in [6, 6.07) is 0. The topological polar surface area (TPSA) is 46.5 Å². The molecular weight excluding hydrogens is 201 g/mol. The number of carboxylic acids is 1. The van der Waals surface area contributed by atoms with Crippen molar-refractivity contribution in [3.63, 3.8) is 0 Å². The van der Waals surface area contributed by atoms with Crippen LogP contribution in [0.1, 0.15) is 12.8 Å². The van der Waals surface area contributed by atoms with Crippen LogP contribution < -0.4 is 0 Å². The van der Waals surface area contributed by atoms with E-state index in [0.717, 1.165) is 0 Å². The van der Waals surface area contributed by atoms with Gasteiger partial charge in [-0.3, -0.25) is 0 Å². The molecule has 0 spiro atoms. The van der Waals surface area contributed by atoms with Crippen molar-refractivity contribution < 1.29 is 27.8 Å². The highest BCUT2D eigenvalue weighted by Gasteiger charge is 2.26. The molecule has 6 heteroatoms. The van der Waals surface area contributed by atoms with Crippen LogP contribution in [-0.2, 0) is 9.53 Å². The molecule has 0 aromatic carbocycles. The van der Waals surface area contributed by atoms with E-state index in [1.807, 2.05) is 0 Å². The average Bonchev–Trinajstić information content (AvgIpc) is 2.01. The van der Waals surface area contributed by atoms with Crippen molar-refractivity contribution in [3.05, 3.63) is 11.6 Å². The van der Waals surface area contributed by atoms with Gasteiger partial charge in [-0.1, -0.05) is 6.08 Å². The van der Waals surface area contributed by atoms with Gasteiger partial charge in [0.1, 0.15) is 0 Å². The maximum atomic E-state index is 11.7. The minimum atomic E-state index is -4.37. The Morgan fingerprint density at radius 1 is 1.50 bits per heavy atom. The van der Waals surface area contributed by atoms with E-state index in [9.17, 15) is 18.0 Å². The fourth-order valence-electron chi connectivity index (χ4n) is 0.747. The second kappa shape index (κ2) is 5.64. The van der Waals surface area contributed by atoms with E-state index >= 15 is 0 Å². The lowest BCUT2D eigenvalue weighted by Crippen LogP contribution is -2.09.